The van der Waals surface area contributed by atoms with Crippen LogP contribution in [0.5, 0.6) is 5.75 Å². The van der Waals surface area contributed by atoms with Gasteiger partial charge >= 0.3 is 0 Å². The molecule has 31 heavy (non-hydrogen) atoms. The Hall–Kier alpha value is -2.90. The van der Waals surface area contributed by atoms with E-state index in [9.17, 15) is 4.79 Å². The molecule has 0 unspecified atom stereocenters. The SMILES string of the molecule is CCN1C(=O)C(=C2Sc3ccc(OC)cc3N2C)SC1=Nc1cccc2ccccc12. The van der Waals surface area contributed by atoms with E-state index in [1.165, 1.54) is 11.8 Å². The molecule has 0 saturated carbocycles. The van der Waals surface area contributed by atoms with Gasteiger partial charge in [0.05, 0.1) is 23.5 Å². The van der Waals surface area contributed by atoms with E-state index >= 15 is 0 Å². The molecular weight excluding hydrogens is 426 g/mol. The van der Waals surface area contributed by atoms with Gasteiger partial charge in [0.25, 0.3) is 5.91 Å². The second-order valence-electron chi connectivity index (χ2n) is 7.17. The van der Waals surface area contributed by atoms with Gasteiger partial charge in [-0.15, -0.1) is 0 Å². The molecule has 0 atom stereocenters. The monoisotopic (exact) mass is 447 g/mol. The highest BCUT2D eigenvalue weighted by Gasteiger charge is 2.38. The number of nitrogens with zero attached hydrogens (tertiary/aromatic N) is 3. The standard InChI is InChI=1S/C24H21N3O2S2/c1-4-27-22(28)21(23-26(2)19-14-16(29-3)12-13-20(19)30-23)31-24(27)25-18-11-7-9-15-8-5-6-10-17(15)18/h5-14H,4H2,1-3H3. The second-order valence-corrected chi connectivity index (χ2v) is 9.18. The van der Waals surface area contributed by atoms with Gasteiger partial charge in [0, 0.05) is 29.9 Å². The number of benzene rings is 3. The van der Waals surface area contributed by atoms with Gasteiger partial charge in [0.15, 0.2) is 5.17 Å². The minimum absolute atomic E-state index is 0.000563. The lowest BCUT2D eigenvalue weighted by Crippen LogP contribution is -2.29. The number of rotatable bonds is 3. The summed E-state index contributed by atoms with van der Waals surface area (Å²) in [4.78, 5) is 23.9. The summed E-state index contributed by atoms with van der Waals surface area (Å²) in [5.41, 5.74) is 1.92. The zero-order chi connectivity index (χ0) is 21.5. The predicted molar refractivity (Wildman–Crippen MR) is 130 cm³/mol. The Morgan fingerprint density at radius 2 is 1.84 bits per heavy atom. The topological polar surface area (TPSA) is 45.1 Å². The number of fused-ring (bicyclic) bond motifs is 2. The van der Waals surface area contributed by atoms with Gasteiger partial charge in [0.1, 0.15) is 10.7 Å². The van der Waals surface area contributed by atoms with Crippen LogP contribution in [0.1, 0.15) is 6.92 Å². The fourth-order valence-electron chi connectivity index (χ4n) is 3.76. The molecule has 0 N–H and O–H groups in total. The van der Waals surface area contributed by atoms with E-state index in [0.29, 0.717) is 16.6 Å². The van der Waals surface area contributed by atoms with Crippen molar-refractivity contribution in [1.29, 1.82) is 0 Å². The van der Waals surface area contributed by atoms with Crippen molar-refractivity contribution in [2.45, 2.75) is 11.8 Å². The van der Waals surface area contributed by atoms with Crippen LogP contribution < -0.4 is 9.64 Å². The Morgan fingerprint density at radius 3 is 2.65 bits per heavy atom. The summed E-state index contributed by atoms with van der Waals surface area (Å²) in [5, 5.41) is 3.86. The molecule has 1 amide bonds. The molecule has 5 nitrogen and oxygen atoms in total. The summed E-state index contributed by atoms with van der Waals surface area (Å²) in [7, 11) is 3.65. The van der Waals surface area contributed by atoms with Crippen LogP contribution in [-0.4, -0.2) is 36.7 Å². The average Bonchev–Trinajstić information content (AvgIpc) is 3.29. The largest absolute Gasteiger partial charge is 0.497 e. The number of carbonyl (C=O) groups excluding carboxylic acids is 1. The van der Waals surface area contributed by atoms with Crippen molar-refractivity contribution in [3.8, 4) is 5.75 Å². The summed E-state index contributed by atoms with van der Waals surface area (Å²) >= 11 is 3.06. The quantitative estimate of drug-likeness (QED) is 0.472. The van der Waals surface area contributed by atoms with E-state index in [4.69, 9.17) is 9.73 Å². The molecule has 5 rings (SSSR count). The van der Waals surface area contributed by atoms with Crippen LogP contribution in [0.2, 0.25) is 0 Å². The van der Waals surface area contributed by atoms with Crippen molar-refractivity contribution < 1.29 is 9.53 Å². The van der Waals surface area contributed by atoms with Crippen LogP contribution in [-0.2, 0) is 4.79 Å². The molecule has 0 aromatic heterocycles. The van der Waals surface area contributed by atoms with Crippen LogP contribution in [0.4, 0.5) is 11.4 Å². The molecular formula is C24H21N3O2S2. The van der Waals surface area contributed by atoms with Crippen LogP contribution >= 0.6 is 23.5 Å². The minimum atomic E-state index is 0.000563. The maximum absolute atomic E-state index is 13.3. The zero-order valence-corrected chi connectivity index (χ0v) is 19.1. The second kappa shape index (κ2) is 7.98. The fourth-order valence-corrected chi connectivity index (χ4v) is 6.14. The number of ether oxygens (including phenoxy) is 1. The number of hydrogen-bond donors (Lipinski definition) is 0. The fraction of sp³-hybridized carbons (Fsp3) is 0.167. The maximum Gasteiger partial charge on any atom is 0.269 e. The summed E-state index contributed by atoms with van der Waals surface area (Å²) < 4.78 is 5.37. The van der Waals surface area contributed by atoms with E-state index in [1.807, 2.05) is 56.4 Å². The van der Waals surface area contributed by atoms with Crippen molar-refractivity contribution in [3.05, 3.63) is 70.6 Å². The van der Waals surface area contributed by atoms with E-state index in [2.05, 4.69) is 23.1 Å². The molecule has 3 aromatic carbocycles. The number of amidine groups is 1. The van der Waals surface area contributed by atoms with Gasteiger partial charge < -0.3 is 9.64 Å². The van der Waals surface area contributed by atoms with Crippen LogP contribution in [0.15, 0.2) is 80.5 Å². The first-order chi connectivity index (χ1) is 15.1. The average molecular weight is 448 g/mol. The molecule has 3 aromatic rings. The lowest BCUT2D eigenvalue weighted by atomic mass is 10.1. The van der Waals surface area contributed by atoms with Crippen molar-refractivity contribution in [1.82, 2.24) is 4.90 Å². The number of aliphatic imine (C=N–C) groups is 1. The van der Waals surface area contributed by atoms with Gasteiger partial charge in [-0.1, -0.05) is 48.2 Å². The van der Waals surface area contributed by atoms with Crippen molar-refractivity contribution in [3.63, 3.8) is 0 Å². The molecule has 1 saturated heterocycles. The number of likely N-dealkylation sites (N-methyl/N-ethyl adjacent to an activating group) is 1. The molecule has 1 fully saturated rings. The highest BCUT2D eigenvalue weighted by Crippen LogP contribution is 2.51. The van der Waals surface area contributed by atoms with E-state index in [1.54, 1.807) is 23.8 Å². The molecule has 2 aliphatic heterocycles. The summed E-state index contributed by atoms with van der Waals surface area (Å²) in [6.45, 7) is 2.55. The Bertz CT molecular complexity index is 1260. The highest BCUT2D eigenvalue weighted by atomic mass is 32.2. The Kier molecular flexibility index (Phi) is 5.16. The molecule has 2 heterocycles. The van der Waals surface area contributed by atoms with Crippen LogP contribution in [0, 0.1) is 0 Å². The van der Waals surface area contributed by atoms with E-state index in [0.717, 1.165) is 37.8 Å². The number of methoxy groups -OCH3 is 1. The number of amides is 1. The van der Waals surface area contributed by atoms with Gasteiger partial charge in [0.2, 0.25) is 0 Å². The molecule has 7 heteroatoms. The Balaban J connectivity index is 1.56. The maximum atomic E-state index is 13.3. The number of anilines is 1. The third-order valence-corrected chi connectivity index (χ3v) is 7.83. The third kappa shape index (κ3) is 3.38. The van der Waals surface area contributed by atoms with Gasteiger partial charge in [-0.2, -0.15) is 0 Å². The van der Waals surface area contributed by atoms with Gasteiger partial charge in [-0.3, -0.25) is 9.69 Å². The minimum Gasteiger partial charge on any atom is -0.497 e. The molecule has 0 aliphatic carbocycles. The third-order valence-electron chi connectivity index (χ3n) is 5.40. The van der Waals surface area contributed by atoms with E-state index in [-0.39, 0.29) is 5.91 Å². The Morgan fingerprint density at radius 1 is 1.03 bits per heavy atom. The molecule has 156 valence electrons. The highest BCUT2D eigenvalue weighted by molar-refractivity contribution is 8.19. The van der Waals surface area contributed by atoms with Gasteiger partial charge in [-0.05, 0) is 42.3 Å². The number of hydrogen-bond acceptors (Lipinski definition) is 6. The zero-order valence-electron chi connectivity index (χ0n) is 17.5. The lowest BCUT2D eigenvalue weighted by Gasteiger charge is -2.15. The molecule has 0 spiro atoms. The first-order valence-corrected chi connectivity index (χ1v) is 11.6. The lowest BCUT2D eigenvalue weighted by molar-refractivity contribution is -0.122. The number of thioether (sulfide) groups is 2. The smallest absolute Gasteiger partial charge is 0.269 e. The predicted octanol–water partition coefficient (Wildman–Crippen LogP) is 5.84. The summed E-state index contributed by atoms with van der Waals surface area (Å²) in [6, 6.07) is 20.2. The van der Waals surface area contributed by atoms with Crippen molar-refractivity contribution >= 4 is 56.7 Å². The first-order valence-electron chi connectivity index (χ1n) is 10.0. The van der Waals surface area contributed by atoms with E-state index < -0.39 is 0 Å². The number of carbonyl (C=O) groups is 1. The van der Waals surface area contributed by atoms with Crippen molar-refractivity contribution in [2.75, 3.05) is 25.6 Å². The summed E-state index contributed by atoms with van der Waals surface area (Å²) in [5.74, 6) is 0.803. The molecule has 0 radical (unpaired) electrons. The van der Waals surface area contributed by atoms with Crippen LogP contribution in [0.25, 0.3) is 10.8 Å². The van der Waals surface area contributed by atoms with Crippen molar-refractivity contribution in [2.24, 2.45) is 4.99 Å². The Labute approximate surface area is 189 Å². The van der Waals surface area contributed by atoms with Gasteiger partial charge in [-0.25, -0.2) is 4.99 Å². The van der Waals surface area contributed by atoms with Crippen LogP contribution in [0.3, 0.4) is 0 Å². The molecule has 0 bridgehead atoms. The summed E-state index contributed by atoms with van der Waals surface area (Å²) in [6.07, 6.45) is 0. The normalized spacial score (nSPS) is 19.6. The molecule has 2 aliphatic rings. The first kappa shape index (κ1) is 20.0.